The fourth-order valence-electron chi connectivity index (χ4n) is 1.69. The van der Waals surface area contributed by atoms with Gasteiger partial charge in [0.1, 0.15) is 11.6 Å². The molecule has 0 saturated heterocycles. The first kappa shape index (κ1) is 15.9. The van der Waals surface area contributed by atoms with Crippen LogP contribution in [0.5, 0.6) is 0 Å². The van der Waals surface area contributed by atoms with E-state index in [1.165, 1.54) is 18.2 Å². The molecule has 7 heteroatoms. The van der Waals surface area contributed by atoms with Gasteiger partial charge in [0.2, 0.25) is 0 Å². The highest BCUT2D eigenvalue weighted by Gasteiger charge is 2.13. The third-order valence-corrected chi connectivity index (χ3v) is 4.21. The zero-order valence-electron chi connectivity index (χ0n) is 10.6. The number of nitrogens with two attached hydrogens (primary N) is 1. The second-order valence-corrected chi connectivity index (χ2v) is 5.98. The first-order valence-corrected chi connectivity index (χ1v) is 7.43. The molecule has 0 radical (unpaired) electrons. The Labute approximate surface area is 136 Å². The number of nitrogen functional groups attached to an aromatic ring is 1. The molecule has 0 fully saturated rings. The van der Waals surface area contributed by atoms with E-state index in [1.54, 1.807) is 6.07 Å². The Bertz CT molecular complexity index is 708. The molecule has 110 valence electrons. The van der Waals surface area contributed by atoms with Crippen LogP contribution < -0.4 is 11.1 Å². The molecule has 0 aliphatic heterocycles. The minimum atomic E-state index is -0.605. The van der Waals surface area contributed by atoms with Gasteiger partial charge in [0.05, 0.1) is 11.3 Å². The Hall–Kier alpha value is -1.47. The van der Waals surface area contributed by atoms with Gasteiger partial charge in [-0.05, 0) is 51.8 Å². The highest BCUT2D eigenvalue weighted by molar-refractivity contribution is 9.10. The summed E-state index contributed by atoms with van der Waals surface area (Å²) >= 11 is 6.38. The molecule has 0 saturated carbocycles. The normalized spacial score (nSPS) is 10.5. The van der Waals surface area contributed by atoms with E-state index in [1.807, 2.05) is 0 Å². The maximum Gasteiger partial charge on any atom is 0.252 e. The molecular weight excluding hydrogens is 410 g/mol. The topological polar surface area (TPSA) is 55.1 Å². The fourth-order valence-corrected chi connectivity index (χ4v) is 2.57. The van der Waals surface area contributed by atoms with Crippen molar-refractivity contribution in [3.8, 4) is 0 Å². The smallest absolute Gasteiger partial charge is 0.252 e. The van der Waals surface area contributed by atoms with E-state index >= 15 is 0 Å². The molecule has 21 heavy (non-hydrogen) atoms. The Morgan fingerprint density at radius 2 is 1.86 bits per heavy atom. The molecule has 0 bridgehead atoms. The quantitative estimate of drug-likeness (QED) is 0.738. The molecule has 0 atom stereocenters. The Morgan fingerprint density at radius 3 is 2.57 bits per heavy atom. The van der Waals surface area contributed by atoms with Gasteiger partial charge in [-0.15, -0.1) is 0 Å². The molecule has 3 nitrogen and oxygen atoms in total. The van der Waals surface area contributed by atoms with Gasteiger partial charge in [0.25, 0.3) is 5.91 Å². The van der Waals surface area contributed by atoms with Crippen molar-refractivity contribution < 1.29 is 13.6 Å². The van der Waals surface area contributed by atoms with Crippen molar-refractivity contribution in [2.75, 3.05) is 5.73 Å². The molecule has 1 amide bonds. The fraction of sp³-hybridized carbons (Fsp3) is 0.0714. The number of halogens is 4. The first-order chi connectivity index (χ1) is 9.88. The van der Waals surface area contributed by atoms with E-state index in [9.17, 15) is 13.6 Å². The van der Waals surface area contributed by atoms with Gasteiger partial charge in [0, 0.05) is 15.5 Å². The van der Waals surface area contributed by atoms with Gasteiger partial charge < -0.3 is 11.1 Å². The zero-order chi connectivity index (χ0) is 15.6. The molecule has 0 aromatic heterocycles. The molecule has 0 spiro atoms. The van der Waals surface area contributed by atoms with Crippen LogP contribution in [0.4, 0.5) is 14.5 Å². The van der Waals surface area contributed by atoms with E-state index in [2.05, 4.69) is 37.2 Å². The van der Waals surface area contributed by atoms with Crippen LogP contribution in [0.2, 0.25) is 0 Å². The maximum absolute atomic E-state index is 13.2. The number of carbonyl (C=O) groups is 1. The molecule has 0 aliphatic carbocycles. The van der Waals surface area contributed by atoms with Gasteiger partial charge in [-0.25, -0.2) is 8.78 Å². The lowest BCUT2D eigenvalue weighted by molar-refractivity contribution is 0.0950. The number of carbonyl (C=O) groups excluding carboxylic acids is 1. The van der Waals surface area contributed by atoms with Gasteiger partial charge in [0.15, 0.2) is 0 Å². The summed E-state index contributed by atoms with van der Waals surface area (Å²) in [5.74, 6) is -1.44. The average molecular weight is 420 g/mol. The number of hydrogen-bond donors (Lipinski definition) is 2. The summed E-state index contributed by atoms with van der Waals surface area (Å²) in [4.78, 5) is 12.1. The van der Waals surface area contributed by atoms with Crippen LogP contribution in [0.25, 0.3) is 0 Å². The SMILES string of the molecule is Nc1cc(C(=O)NCc2cc(F)ccc2Br)c(Br)cc1F. The lowest BCUT2D eigenvalue weighted by atomic mass is 10.1. The highest BCUT2D eigenvalue weighted by atomic mass is 79.9. The third-order valence-electron chi connectivity index (χ3n) is 2.78. The summed E-state index contributed by atoms with van der Waals surface area (Å²) in [7, 11) is 0. The summed E-state index contributed by atoms with van der Waals surface area (Å²) in [5.41, 5.74) is 6.13. The summed E-state index contributed by atoms with van der Waals surface area (Å²) in [5, 5.41) is 2.63. The number of amides is 1. The van der Waals surface area contributed by atoms with E-state index < -0.39 is 17.5 Å². The molecular formula is C14H10Br2F2N2O. The van der Waals surface area contributed by atoms with E-state index in [4.69, 9.17) is 5.73 Å². The summed E-state index contributed by atoms with van der Waals surface area (Å²) in [6.45, 7) is 0.126. The van der Waals surface area contributed by atoms with Crippen molar-refractivity contribution in [3.05, 3.63) is 62.0 Å². The second-order valence-electron chi connectivity index (χ2n) is 4.27. The van der Waals surface area contributed by atoms with Crippen molar-refractivity contribution in [3.63, 3.8) is 0 Å². The van der Waals surface area contributed by atoms with Crippen LogP contribution in [0.15, 0.2) is 39.3 Å². The number of nitrogens with one attached hydrogen (secondary N) is 1. The Morgan fingerprint density at radius 1 is 1.14 bits per heavy atom. The molecule has 0 heterocycles. The minimum absolute atomic E-state index is 0.115. The van der Waals surface area contributed by atoms with Crippen molar-refractivity contribution in [2.24, 2.45) is 0 Å². The predicted molar refractivity (Wildman–Crippen MR) is 83.8 cm³/mol. The standard InChI is InChI=1S/C14H10Br2F2N2O/c15-10-2-1-8(17)3-7(10)6-20-14(21)9-4-13(19)12(18)5-11(9)16/h1-5H,6,19H2,(H,20,21). The number of hydrogen-bond acceptors (Lipinski definition) is 2. The average Bonchev–Trinajstić information content (AvgIpc) is 2.43. The lowest BCUT2D eigenvalue weighted by Gasteiger charge is -2.09. The number of benzene rings is 2. The summed E-state index contributed by atoms with van der Waals surface area (Å²) < 4.78 is 27.4. The molecule has 0 unspecified atom stereocenters. The largest absolute Gasteiger partial charge is 0.396 e. The molecule has 2 aromatic rings. The summed E-state index contributed by atoms with van der Waals surface area (Å²) in [6.07, 6.45) is 0. The molecule has 2 rings (SSSR count). The molecule has 3 N–H and O–H groups in total. The van der Waals surface area contributed by atoms with Gasteiger partial charge in [-0.1, -0.05) is 15.9 Å². The van der Waals surface area contributed by atoms with E-state index in [0.717, 1.165) is 6.07 Å². The summed E-state index contributed by atoms with van der Waals surface area (Å²) in [6, 6.07) is 6.56. The lowest BCUT2D eigenvalue weighted by Crippen LogP contribution is -2.23. The van der Waals surface area contributed by atoms with E-state index in [-0.39, 0.29) is 17.8 Å². The third kappa shape index (κ3) is 3.79. The number of rotatable bonds is 3. The maximum atomic E-state index is 13.2. The minimum Gasteiger partial charge on any atom is -0.396 e. The van der Waals surface area contributed by atoms with Crippen molar-refractivity contribution in [1.82, 2.24) is 5.32 Å². The zero-order valence-corrected chi connectivity index (χ0v) is 13.8. The monoisotopic (exact) mass is 418 g/mol. The predicted octanol–water partition coefficient (Wildman–Crippen LogP) is 4.00. The van der Waals surface area contributed by atoms with Crippen LogP contribution in [0, 0.1) is 11.6 Å². The Kier molecular flexibility index (Phi) is 4.95. The van der Waals surface area contributed by atoms with Crippen LogP contribution in [0.1, 0.15) is 15.9 Å². The van der Waals surface area contributed by atoms with E-state index in [0.29, 0.717) is 14.5 Å². The van der Waals surface area contributed by atoms with Crippen molar-refractivity contribution in [1.29, 1.82) is 0 Å². The van der Waals surface area contributed by atoms with Crippen molar-refractivity contribution >= 4 is 43.5 Å². The molecule has 2 aromatic carbocycles. The van der Waals surface area contributed by atoms with Crippen LogP contribution in [0.3, 0.4) is 0 Å². The van der Waals surface area contributed by atoms with Gasteiger partial charge in [-0.2, -0.15) is 0 Å². The van der Waals surface area contributed by atoms with Crippen LogP contribution >= 0.6 is 31.9 Å². The Balaban J connectivity index is 2.15. The first-order valence-electron chi connectivity index (χ1n) is 5.85. The van der Waals surface area contributed by atoms with Crippen molar-refractivity contribution in [2.45, 2.75) is 6.54 Å². The second kappa shape index (κ2) is 6.53. The van der Waals surface area contributed by atoms with Crippen LogP contribution in [-0.4, -0.2) is 5.91 Å². The van der Waals surface area contributed by atoms with Gasteiger partial charge in [-0.3, -0.25) is 4.79 Å². The highest BCUT2D eigenvalue weighted by Crippen LogP contribution is 2.23. The molecule has 0 aliphatic rings. The van der Waals surface area contributed by atoms with Crippen LogP contribution in [-0.2, 0) is 6.54 Å². The van der Waals surface area contributed by atoms with Gasteiger partial charge >= 0.3 is 0 Å². The number of anilines is 1.